The summed E-state index contributed by atoms with van der Waals surface area (Å²) in [6.45, 7) is 0. The Kier molecular flexibility index (Phi) is 2.94. The Morgan fingerprint density at radius 2 is 1.65 bits per heavy atom. The third-order valence-electron chi connectivity index (χ3n) is 4.39. The fourth-order valence-electron chi connectivity index (χ4n) is 3.28. The minimum Gasteiger partial charge on any atom is -0.386 e. The summed E-state index contributed by atoms with van der Waals surface area (Å²) in [5.74, 6) is 0. The summed E-state index contributed by atoms with van der Waals surface area (Å²) >= 11 is 0. The van der Waals surface area contributed by atoms with Gasteiger partial charge in [-0.05, 0) is 33.4 Å². The molecule has 0 fully saturated rings. The number of nitrogens with zero attached hydrogens (tertiary/aromatic N) is 1. The zero-order valence-corrected chi connectivity index (χ0v) is 12.0. The molecule has 3 aromatic carbocycles. The van der Waals surface area contributed by atoms with Crippen LogP contribution in [0.25, 0.3) is 27.6 Å². The van der Waals surface area contributed by atoms with Crippen LogP contribution in [0.2, 0.25) is 0 Å². The summed E-state index contributed by atoms with van der Waals surface area (Å²) in [4.78, 5) is 11.1. The highest BCUT2D eigenvalue weighted by Gasteiger charge is 2.25. The summed E-state index contributed by atoms with van der Waals surface area (Å²) in [6, 6.07) is 12.4. The average molecular weight is 307 g/mol. The molecular formula is C18H13NO4. The number of rotatable bonds is 1. The molecule has 114 valence electrons. The Bertz CT molecular complexity index is 993. The first kappa shape index (κ1) is 13.9. The Balaban J connectivity index is 2.18. The molecule has 23 heavy (non-hydrogen) atoms. The molecule has 3 aromatic rings. The lowest BCUT2D eigenvalue weighted by molar-refractivity contribution is -0.382. The van der Waals surface area contributed by atoms with Crippen LogP contribution in [0, 0.1) is 10.1 Å². The smallest absolute Gasteiger partial charge is 0.277 e. The molecule has 0 bridgehead atoms. The van der Waals surface area contributed by atoms with Crippen molar-refractivity contribution in [2.45, 2.75) is 12.2 Å². The summed E-state index contributed by atoms with van der Waals surface area (Å²) in [6.07, 6.45) is 1.24. The zero-order valence-electron chi connectivity index (χ0n) is 12.0. The molecule has 0 aliphatic heterocycles. The van der Waals surface area contributed by atoms with E-state index in [1.165, 1.54) is 6.08 Å². The standard InChI is InChI=1S/C18H13NO4/c20-17-8-7-12-14(18(17)21)6-5-11-10-3-1-2-4-13(10)16(19(22)23)9-15(11)12/h1-9,17-18,20-21H/t17-,18-/m1/s1. The maximum Gasteiger partial charge on any atom is 0.277 e. The first-order valence-electron chi connectivity index (χ1n) is 7.25. The quantitative estimate of drug-likeness (QED) is 0.410. The van der Waals surface area contributed by atoms with Crippen LogP contribution in [0.3, 0.4) is 0 Å². The molecule has 0 saturated heterocycles. The van der Waals surface area contributed by atoms with Gasteiger partial charge in [0.15, 0.2) is 0 Å². The number of aliphatic hydroxyl groups excluding tert-OH is 2. The molecule has 0 radical (unpaired) electrons. The number of benzene rings is 3. The van der Waals surface area contributed by atoms with Crippen LogP contribution in [0.4, 0.5) is 5.69 Å². The maximum absolute atomic E-state index is 11.4. The normalized spacial score (nSPS) is 19.9. The molecule has 2 N–H and O–H groups in total. The predicted octanol–water partition coefficient (Wildman–Crippen LogP) is 3.32. The van der Waals surface area contributed by atoms with Gasteiger partial charge in [-0.2, -0.15) is 0 Å². The SMILES string of the molecule is O=[N+]([O-])c1cc2c3c(ccc2c2ccccc12)[C@@H](O)[C@H](O)C=C3. The van der Waals surface area contributed by atoms with Crippen molar-refractivity contribution >= 4 is 33.3 Å². The van der Waals surface area contributed by atoms with Gasteiger partial charge in [0.1, 0.15) is 12.2 Å². The third kappa shape index (κ3) is 1.94. The van der Waals surface area contributed by atoms with Crippen LogP contribution in [-0.2, 0) is 0 Å². The topological polar surface area (TPSA) is 83.6 Å². The Labute approximate surface area is 131 Å². The lowest BCUT2D eigenvalue weighted by Crippen LogP contribution is -2.19. The van der Waals surface area contributed by atoms with E-state index >= 15 is 0 Å². The van der Waals surface area contributed by atoms with E-state index in [1.54, 1.807) is 30.3 Å². The van der Waals surface area contributed by atoms with E-state index in [4.69, 9.17) is 0 Å². The molecule has 2 atom stereocenters. The second kappa shape index (κ2) is 4.87. The van der Waals surface area contributed by atoms with Gasteiger partial charge in [-0.1, -0.05) is 42.5 Å². The highest BCUT2D eigenvalue weighted by molar-refractivity contribution is 6.14. The van der Waals surface area contributed by atoms with Gasteiger partial charge in [0.05, 0.1) is 10.3 Å². The summed E-state index contributed by atoms with van der Waals surface area (Å²) in [5.41, 5.74) is 1.33. The number of nitro groups is 1. The molecule has 5 heteroatoms. The highest BCUT2D eigenvalue weighted by atomic mass is 16.6. The molecule has 1 aliphatic rings. The molecule has 0 amide bonds. The van der Waals surface area contributed by atoms with Crippen molar-refractivity contribution in [1.82, 2.24) is 0 Å². The van der Waals surface area contributed by atoms with E-state index in [9.17, 15) is 20.3 Å². The predicted molar refractivity (Wildman–Crippen MR) is 88.1 cm³/mol. The van der Waals surface area contributed by atoms with Crippen molar-refractivity contribution in [2.75, 3.05) is 0 Å². The van der Waals surface area contributed by atoms with Crippen LogP contribution < -0.4 is 0 Å². The van der Waals surface area contributed by atoms with Crippen LogP contribution in [-0.4, -0.2) is 21.2 Å². The molecule has 5 nitrogen and oxygen atoms in total. The number of non-ortho nitro benzene ring substituents is 1. The van der Waals surface area contributed by atoms with Gasteiger partial charge in [0.2, 0.25) is 0 Å². The van der Waals surface area contributed by atoms with Gasteiger partial charge in [0.25, 0.3) is 5.69 Å². The Hall–Kier alpha value is -2.76. The van der Waals surface area contributed by atoms with Crippen molar-refractivity contribution in [3.8, 4) is 0 Å². The monoisotopic (exact) mass is 307 g/mol. The molecule has 4 rings (SSSR count). The first-order chi connectivity index (χ1) is 11.1. The van der Waals surface area contributed by atoms with Gasteiger partial charge in [-0.3, -0.25) is 10.1 Å². The van der Waals surface area contributed by atoms with Crippen molar-refractivity contribution in [2.24, 2.45) is 0 Å². The van der Waals surface area contributed by atoms with E-state index in [1.807, 2.05) is 18.2 Å². The van der Waals surface area contributed by atoms with E-state index < -0.39 is 12.2 Å². The fourth-order valence-corrected chi connectivity index (χ4v) is 3.28. The summed E-state index contributed by atoms with van der Waals surface area (Å²) < 4.78 is 0. The molecular weight excluding hydrogens is 294 g/mol. The maximum atomic E-state index is 11.4. The second-order valence-electron chi connectivity index (χ2n) is 5.66. The van der Waals surface area contributed by atoms with Crippen molar-refractivity contribution in [3.05, 3.63) is 69.8 Å². The van der Waals surface area contributed by atoms with Crippen LogP contribution in [0.1, 0.15) is 17.2 Å². The lowest BCUT2D eigenvalue weighted by atomic mass is 9.87. The van der Waals surface area contributed by atoms with Gasteiger partial charge >= 0.3 is 0 Å². The van der Waals surface area contributed by atoms with Gasteiger partial charge in [0, 0.05) is 6.07 Å². The van der Waals surface area contributed by atoms with E-state index in [0.717, 1.165) is 10.8 Å². The molecule has 1 aliphatic carbocycles. The molecule has 0 aromatic heterocycles. The minimum atomic E-state index is -1.02. The Morgan fingerprint density at radius 1 is 0.957 bits per heavy atom. The van der Waals surface area contributed by atoms with Crippen LogP contribution in [0.15, 0.2) is 48.5 Å². The first-order valence-corrected chi connectivity index (χ1v) is 7.25. The third-order valence-corrected chi connectivity index (χ3v) is 4.39. The summed E-state index contributed by atoms with van der Waals surface area (Å²) in [5, 5.41) is 34.3. The lowest BCUT2D eigenvalue weighted by Gasteiger charge is -2.23. The fraction of sp³-hybridized carbons (Fsp3) is 0.111. The van der Waals surface area contributed by atoms with E-state index in [-0.39, 0.29) is 10.6 Å². The van der Waals surface area contributed by atoms with Gasteiger partial charge in [-0.25, -0.2) is 0 Å². The van der Waals surface area contributed by atoms with Crippen molar-refractivity contribution < 1.29 is 15.1 Å². The largest absolute Gasteiger partial charge is 0.386 e. The second-order valence-corrected chi connectivity index (χ2v) is 5.66. The summed E-state index contributed by atoms with van der Waals surface area (Å²) in [7, 11) is 0. The highest BCUT2D eigenvalue weighted by Crippen LogP contribution is 2.39. The van der Waals surface area contributed by atoms with Gasteiger partial charge < -0.3 is 10.2 Å². The van der Waals surface area contributed by atoms with Crippen molar-refractivity contribution in [1.29, 1.82) is 0 Å². The molecule has 0 saturated carbocycles. The van der Waals surface area contributed by atoms with E-state index in [0.29, 0.717) is 21.9 Å². The van der Waals surface area contributed by atoms with E-state index in [2.05, 4.69) is 0 Å². The number of hydrogen-bond donors (Lipinski definition) is 2. The molecule has 0 heterocycles. The molecule has 0 unspecified atom stereocenters. The Morgan fingerprint density at radius 3 is 2.39 bits per heavy atom. The number of hydrogen-bond acceptors (Lipinski definition) is 4. The minimum absolute atomic E-state index is 0.0375. The number of nitro benzene ring substituents is 1. The van der Waals surface area contributed by atoms with Gasteiger partial charge in [-0.15, -0.1) is 0 Å². The van der Waals surface area contributed by atoms with Crippen LogP contribution >= 0.6 is 0 Å². The zero-order chi connectivity index (χ0) is 16.1. The number of aliphatic hydroxyl groups is 2. The number of fused-ring (bicyclic) bond motifs is 5. The van der Waals surface area contributed by atoms with Crippen molar-refractivity contribution in [3.63, 3.8) is 0 Å². The molecule has 0 spiro atoms. The van der Waals surface area contributed by atoms with Crippen LogP contribution in [0.5, 0.6) is 0 Å². The average Bonchev–Trinajstić information content (AvgIpc) is 2.56.